The van der Waals surface area contributed by atoms with E-state index in [1.54, 1.807) is 4.90 Å². The lowest BCUT2D eigenvalue weighted by Gasteiger charge is -2.43. The van der Waals surface area contributed by atoms with Crippen LogP contribution in [0.1, 0.15) is 96.5 Å². The number of hydrogen-bond acceptors (Lipinski definition) is 7. The molecule has 1 spiro atoms. The first-order valence-electron chi connectivity index (χ1n) is 13.2. The first-order chi connectivity index (χ1) is 16.9. The highest BCUT2D eigenvalue weighted by molar-refractivity contribution is 7.90. The van der Waals surface area contributed by atoms with Crippen LogP contribution in [-0.4, -0.2) is 56.9 Å². The number of hydrogen-bond donors (Lipinski definition) is 1. The fraction of sp³-hybridized carbons (Fsp3) is 0.778. The van der Waals surface area contributed by atoms with Crippen molar-refractivity contribution in [2.75, 3.05) is 19.7 Å². The summed E-state index contributed by atoms with van der Waals surface area (Å²) in [5, 5.41) is 0. The zero-order valence-electron chi connectivity index (χ0n) is 22.7. The fourth-order valence-electron chi connectivity index (χ4n) is 5.23. The first-order valence-corrected chi connectivity index (χ1v) is 14.4. The molecular formula is C27H43N3O5S. The molecule has 3 heterocycles. The van der Waals surface area contributed by atoms with E-state index in [4.69, 9.17) is 19.2 Å². The quantitative estimate of drug-likeness (QED) is 0.557. The Morgan fingerprint density at radius 3 is 2.58 bits per heavy atom. The molecule has 1 aliphatic carbocycles. The number of carbonyl (C=O) groups is 1. The van der Waals surface area contributed by atoms with Crippen molar-refractivity contribution in [3.63, 3.8) is 0 Å². The topological polar surface area (TPSA) is 96.0 Å². The van der Waals surface area contributed by atoms with E-state index in [0.29, 0.717) is 19.7 Å². The van der Waals surface area contributed by atoms with Gasteiger partial charge in [-0.15, -0.1) is 4.72 Å². The van der Waals surface area contributed by atoms with Crippen LogP contribution in [0.15, 0.2) is 12.3 Å². The van der Waals surface area contributed by atoms with Crippen LogP contribution in [0.2, 0.25) is 0 Å². The summed E-state index contributed by atoms with van der Waals surface area (Å²) in [6.45, 7) is 14.0. The molecule has 0 bridgehead atoms. The molecule has 2 saturated heterocycles. The Balaban J connectivity index is 1.51. The molecule has 2 aliphatic heterocycles. The molecule has 1 N–H and O–H groups in total. The predicted octanol–water partition coefficient (Wildman–Crippen LogP) is 4.79. The monoisotopic (exact) mass is 521 g/mol. The summed E-state index contributed by atoms with van der Waals surface area (Å²) in [5.74, 6) is 0. The molecule has 9 heteroatoms. The van der Waals surface area contributed by atoms with Crippen LogP contribution in [-0.2, 0) is 38.6 Å². The fourth-order valence-corrected chi connectivity index (χ4v) is 6.17. The van der Waals surface area contributed by atoms with Gasteiger partial charge in [0.15, 0.2) is 6.29 Å². The van der Waals surface area contributed by atoms with Crippen molar-refractivity contribution in [1.82, 2.24) is 14.6 Å². The number of fused-ring (bicyclic) bond motifs is 1. The minimum absolute atomic E-state index is 0.105. The van der Waals surface area contributed by atoms with Gasteiger partial charge in [0.1, 0.15) is 10.3 Å². The van der Waals surface area contributed by atoms with Crippen molar-refractivity contribution in [3.8, 4) is 0 Å². The Hall–Kier alpha value is -1.39. The third-order valence-electron chi connectivity index (χ3n) is 7.27. The maximum atomic E-state index is 13.3. The second-order valence-corrected chi connectivity index (χ2v) is 14.4. The van der Waals surface area contributed by atoms with Crippen molar-refractivity contribution in [2.24, 2.45) is 5.41 Å². The first kappa shape index (κ1) is 27.6. The van der Waals surface area contributed by atoms with E-state index in [9.17, 15) is 9.35 Å². The standard InChI is InChI=1S/C27H43N3O5S/c1-25(2,3)35-24(31)30-12-10-27(11-13-30)16-21-20(23(27)29-36(32)26(4,5)6)15-19(17-28-21)18-34-22-9-7-8-14-33-22/h15,17,22-23,29H,7-14,16,18H2,1-6H3/t22?,23-,36?/m1/s1. The Morgan fingerprint density at radius 2 is 1.97 bits per heavy atom. The summed E-state index contributed by atoms with van der Waals surface area (Å²) in [6.07, 6.45) is 7.00. The highest BCUT2D eigenvalue weighted by Gasteiger charge is 2.52. The highest BCUT2D eigenvalue weighted by atomic mass is 32.2. The van der Waals surface area contributed by atoms with Crippen molar-refractivity contribution in [1.29, 1.82) is 0 Å². The third-order valence-corrected chi connectivity index (χ3v) is 8.83. The van der Waals surface area contributed by atoms with Gasteiger partial charge in [-0.2, -0.15) is 0 Å². The summed E-state index contributed by atoms with van der Waals surface area (Å²) in [5.41, 5.74) is 2.47. The third kappa shape index (κ3) is 6.54. The van der Waals surface area contributed by atoms with Crippen molar-refractivity contribution < 1.29 is 23.6 Å². The van der Waals surface area contributed by atoms with Gasteiger partial charge in [0, 0.05) is 48.4 Å². The number of nitrogens with zero attached hydrogens (tertiary/aromatic N) is 2. The molecule has 1 aromatic rings. The number of likely N-dealkylation sites (tertiary alicyclic amines) is 1. The lowest BCUT2D eigenvalue weighted by atomic mass is 9.73. The second kappa shape index (κ2) is 10.8. The number of nitrogens with one attached hydrogen (secondary N) is 1. The summed E-state index contributed by atoms with van der Waals surface area (Å²) in [4.78, 5) is 19.3. The van der Waals surface area contributed by atoms with Crippen LogP contribution in [0, 0.1) is 5.41 Å². The van der Waals surface area contributed by atoms with E-state index in [1.807, 2.05) is 47.7 Å². The molecule has 3 aliphatic rings. The lowest BCUT2D eigenvalue weighted by Crippen LogP contribution is -2.51. The van der Waals surface area contributed by atoms with Crippen LogP contribution < -0.4 is 4.72 Å². The molecule has 4 rings (SSSR count). The van der Waals surface area contributed by atoms with Gasteiger partial charge >= 0.3 is 6.09 Å². The lowest BCUT2D eigenvalue weighted by molar-refractivity contribution is -0.168. The largest absolute Gasteiger partial charge is 0.598 e. The van der Waals surface area contributed by atoms with Crippen LogP contribution in [0.3, 0.4) is 0 Å². The van der Waals surface area contributed by atoms with E-state index in [1.165, 1.54) is 0 Å². The molecule has 8 nitrogen and oxygen atoms in total. The number of pyridine rings is 1. The molecule has 1 aromatic heterocycles. The number of amides is 1. The summed E-state index contributed by atoms with van der Waals surface area (Å²) in [7, 11) is 0. The molecule has 2 unspecified atom stereocenters. The molecule has 2 fully saturated rings. The van der Waals surface area contributed by atoms with Crippen LogP contribution in [0.5, 0.6) is 0 Å². The average Bonchev–Trinajstić information content (AvgIpc) is 3.09. The Morgan fingerprint density at radius 1 is 1.25 bits per heavy atom. The Bertz CT molecular complexity index is 915. The van der Waals surface area contributed by atoms with Gasteiger partial charge in [0.05, 0.1) is 12.6 Å². The minimum Gasteiger partial charge on any atom is -0.598 e. The number of ether oxygens (including phenoxy) is 3. The summed E-state index contributed by atoms with van der Waals surface area (Å²) in [6, 6.07) is 2.06. The summed E-state index contributed by atoms with van der Waals surface area (Å²) >= 11 is -1.24. The molecule has 36 heavy (non-hydrogen) atoms. The van der Waals surface area contributed by atoms with Gasteiger partial charge in [0.25, 0.3) is 0 Å². The zero-order valence-corrected chi connectivity index (χ0v) is 23.5. The molecule has 0 saturated carbocycles. The normalized spacial score (nSPS) is 25.0. The van der Waals surface area contributed by atoms with E-state index in [-0.39, 0.29) is 23.8 Å². The second-order valence-electron chi connectivity index (χ2n) is 12.4. The van der Waals surface area contributed by atoms with Gasteiger partial charge in [-0.1, -0.05) is 0 Å². The minimum atomic E-state index is -1.24. The maximum absolute atomic E-state index is 13.3. The molecular weight excluding hydrogens is 478 g/mol. The number of carbonyl (C=O) groups excluding carboxylic acids is 1. The predicted molar refractivity (Wildman–Crippen MR) is 140 cm³/mol. The van der Waals surface area contributed by atoms with Crippen molar-refractivity contribution in [3.05, 3.63) is 29.1 Å². The van der Waals surface area contributed by atoms with E-state index < -0.39 is 21.7 Å². The summed E-state index contributed by atoms with van der Waals surface area (Å²) < 4.78 is 33.7. The van der Waals surface area contributed by atoms with E-state index in [2.05, 4.69) is 10.8 Å². The van der Waals surface area contributed by atoms with E-state index in [0.717, 1.165) is 62.0 Å². The van der Waals surface area contributed by atoms with Crippen LogP contribution >= 0.6 is 0 Å². The molecule has 1 amide bonds. The number of piperidine rings is 1. The smallest absolute Gasteiger partial charge is 0.410 e. The maximum Gasteiger partial charge on any atom is 0.410 e. The van der Waals surface area contributed by atoms with Crippen molar-refractivity contribution in [2.45, 2.75) is 109 Å². The van der Waals surface area contributed by atoms with Crippen LogP contribution in [0.25, 0.3) is 0 Å². The van der Waals surface area contributed by atoms with Gasteiger partial charge in [-0.25, -0.2) is 4.79 Å². The number of aromatic nitrogens is 1. The van der Waals surface area contributed by atoms with E-state index >= 15 is 0 Å². The van der Waals surface area contributed by atoms with Gasteiger partial charge < -0.3 is 23.7 Å². The molecule has 0 aromatic carbocycles. The van der Waals surface area contributed by atoms with Gasteiger partial charge in [-0.05, 0) is 97.3 Å². The molecule has 3 atom stereocenters. The van der Waals surface area contributed by atoms with Crippen LogP contribution in [0.4, 0.5) is 4.79 Å². The Kier molecular flexibility index (Phi) is 8.27. The highest BCUT2D eigenvalue weighted by Crippen LogP contribution is 2.52. The SMILES string of the molecule is CC(C)(C)OC(=O)N1CCC2(CC1)Cc1ncc(COC3CCCCO3)cc1[C@H]2N[S+]([O-])C(C)(C)C. The Labute approximate surface area is 219 Å². The average molecular weight is 522 g/mol. The molecule has 0 radical (unpaired) electrons. The zero-order chi connectivity index (χ0) is 26.1. The molecule has 202 valence electrons. The van der Waals surface area contributed by atoms with Gasteiger partial charge in [0.2, 0.25) is 0 Å². The van der Waals surface area contributed by atoms with Crippen molar-refractivity contribution >= 4 is 17.5 Å². The number of rotatable bonds is 5. The van der Waals surface area contributed by atoms with Gasteiger partial charge in [-0.3, -0.25) is 4.98 Å².